The Morgan fingerprint density at radius 1 is 0.900 bits per heavy atom. The van der Waals surface area contributed by atoms with E-state index >= 15 is 0 Å². The largest absolute Gasteiger partial charge is 0.383 e. The van der Waals surface area contributed by atoms with Crippen LogP contribution in [0.25, 0.3) is 0 Å². The van der Waals surface area contributed by atoms with E-state index < -0.39 is 0 Å². The maximum Gasteiger partial charge on any atom is 0.253 e. The monoisotopic (exact) mass is 547 g/mol. The van der Waals surface area contributed by atoms with Crippen molar-refractivity contribution >= 4 is 29.4 Å². The second kappa shape index (κ2) is 17.5. The Morgan fingerprint density at radius 3 is 2.23 bits per heavy atom. The van der Waals surface area contributed by atoms with E-state index in [9.17, 15) is 9.59 Å². The van der Waals surface area contributed by atoms with Crippen LogP contribution in [0.3, 0.4) is 0 Å². The summed E-state index contributed by atoms with van der Waals surface area (Å²) in [5, 5.41) is 6.91. The number of aliphatic imine (C=N–C) groups is 1. The summed E-state index contributed by atoms with van der Waals surface area (Å²) in [6, 6.07) is 13.4. The van der Waals surface area contributed by atoms with Gasteiger partial charge in [-0.05, 0) is 88.8 Å². The zero-order chi connectivity index (χ0) is 28.6. The minimum absolute atomic E-state index is 0.0635. The molecule has 1 amide bonds. The van der Waals surface area contributed by atoms with Gasteiger partial charge in [-0.2, -0.15) is 0 Å². The highest BCUT2D eigenvalue weighted by atomic mass is 16.2. The summed E-state index contributed by atoms with van der Waals surface area (Å²) < 4.78 is 0. The summed E-state index contributed by atoms with van der Waals surface area (Å²) in [5.74, 6) is 0.168. The molecule has 1 heterocycles. The number of ketones is 1. The quantitative estimate of drug-likeness (QED) is 0.0923. The predicted molar refractivity (Wildman–Crippen MR) is 168 cm³/mol. The molecule has 0 aliphatic carbocycles. The molecule has 2 aromatic rings. The van der Waals surface area contributed by atoms with E-state index in [1.165, 1.54) is 32.4 Å². The molecule has 0 saturated carbocycles. The van der Waals surface area contributed by atoms with E-state index in [1.54, 1.807) is 13.3 Å². The van der Waals surface area contributed by atoms with Gasteiger partial charge in [0.05, 0.1) is 24.3 Å². The molecule has 1 aliphatic heterocycles. The van der Waals surface area contributed by atoms with Crippen molar-refractivity contribution in [1.82, 2.24) is 9.80 Å². The average Bonchev–Trinajstić information content (AvgIpc) is 3.49. The van der Waals surface area contributed by atoms with Gasteiger partial charge in [-0.15, -0.1) is 0 Å². The number of amides is 1. The molecule has 40 heavy (non-hydrogen) atoms. The number of carbonyl (C=O) groups excluding carboxylic acids is 2. The number of hydrogen-bond acceptors (Lipinski definition) is 5. The molecule has 0 spiro atoms. The molecule has 0 aromatic heterocycles. The van der Waals surface area contributed by atoms with Crippen LogP contribution < -0.4 is 10.6 Å². The number of anilines is 2. The van der Waals surface area contributed by atoms with Crippen LogP contribution in [0, 0.1) is 0 Å². The first-order valence-electron chi connectivity index (χ1n) is 15.3. The number of likely N-dealkylation sites (tertiary alicyclic amines) is 1. The van der Waals surface area contributed by atoms with Gasteiger partial charge in [-0.25, -0.2) is 0 Å². The lowest BCUT2D eigenvalue weighted by Crippen LogP contribution is -2.33. The number of Topliss-reactive ketones (excluding diaryl/α,β-unsaturated/α-hetero) is 1. The highest BCUT2D eigenvalue weighted by Gasteiger charge is 2.17. The molecule has 1 aliphatic rings. The van der Waals surface area contributed by atoms with Crippen molar-refractivity contribution in [1.29, 1.82) is 0 Å². The topological polar surface area (TPSA) is 77.0 Å². The summed E-state index contributed by atoms with van der Waals surface area (Å²) in [5.41, 5.74) is 4.30. The van der Waals surface area contributed by atoms with Crippen LogP contribution in [0.2, 0.25) is 0 Å². The number of nitrogens with one attached hydrogen (secondary N) is 2. The highest BCUT2D eigenvalue weighted by Crippen LogP contribution is 2.24. The van der Waals surface area contributed by atoms with Crippen molar-refractivity contribution in [2.45, 2.75) is 78.7 Å². The van der Waals surface area contributed by atoms with Crippen LogP contribution in [0.15, 0.2) is 47.5 Å². The van der Waals surface area contributed by atoms with E-state index in [0.29, 0.717) is 12.1 Å². The molecular weight excluding hydrogens is 498 g/mol. The van der Waals surface area contributed by atoms with Gasteiger partial charge in [0.1, 0.15) is 0 Å². The van der Waals surface area contributed by atoms with Gasteiger partial charge < -0.3 is 20.4 Å². The molecule has 3 rings (SSSR count). The standard InChI is InChI=1S/C33H49N5O2/c1-4-6-22-38(23-7-5-2)33(40)30-16-17-31(32(24-30)35-18-8-9-19-37-20-10-11-21-37)36-26-34-25-28-12-14-29(15-13-28)27(3)39/h12-17,24,26,35H,4-11,18-23,25H2,1-3H3,(H,34,36). The van der Waals surface area contributed by atoms with Crippen molar-refractivity contribution in [3.8, 4) is 0 Å². The highest BCUT2D eigenvalue weighted by molar-refractivity contribution is 5.97. The average molecular weight is 548 g/mol. The number of carbonyl (C=O) groups is 2. The van der Waals surface area contributed by atoms with Crippen molar-refractivity contribution in [2.75, 3.05) is 49.9 Å². The number of benzene rings is 2. The Kier molecular flexibility index (Phi) is 13.7. The molecule has 2 aromatic carbocycles. The van der Waals surface area contributed by atoms with Crippen LogP contribution in [0.1, 0.15) is 98.4 Å². The first kappa shape index (κ1) is 31.3. The Bertz CT molecular complexity index is 1070. The van der Waals surface area contributed by atoms with Crippen LogP contribution in [0.4, 0.5) is 11.4 Å². The lowest BCUT2D eigenvalue weighted by molar-refractivity contribution is 0.0751. The van der Waals surface area contributed by atoms with Crippen LogP contribution >= 0.6 is 0 Å². The van der Waals surface area contributed by atoms with Crippen molar-refractivity contribution < 1.29 is 9.59 Å². The summed E-state index contributed by atoms with van der Waals surface area (Å²) in [4.78, 5) is 34.0. The second-order valence-electron chi connectivity index (χ2n) is 10.8. The minimum atomic E-state index is 0.0635. The Morgan fingerprint density at radius 2 is 1.57 bits per heavy atom. The maximum atomic E-state index is 13.5. The Balaban J connectivity index is 1.66. The van der Waals surface area contributed by atoms with Crippen molar-refractivity contribution in [2.24, 2.45) is 4.99 Å². The summed E-state index contributed by atoms with van der Waals surface area (Å²) in [7, 11) is 0. The van der Waals surface area contributed by atoms with Crippen molar-refractivity contribution in [3.05, 3.63) is 59.2 Å². The zero-order valence-electron chi connectivity index (χ0n) is 24.9. The van der Waals surface area contributed by atoms with E-state index in [0.717, 1.165) is 80.8 Å². The molecule has 0 radical (unpaired) electrons. The SMILES string of the molecule is CCCCN(CCCC)C(=O)c1ccc(NC=NCc2ccc(C(C)=O)cc2)c(NCCCCN2CCCC2)c1. The number of nitrogens with zero attached hydrogens (tertiary/aromatic N) is 3. The molecule has 0 unspecified atom stereocenters. The van der Waals surface area contributed by atoms with E-state index in [4.69, 9.17) is 0 Å². The summed E-state index contributed by atoms with van der Waals surface area (Å²) >= 11 is 0. The van der Waals surface area contributed by atoms with Gasteiger partial charge in [0.25, 0.3) is 5.91 Å². The first-order valence-corrected chi connectivity index (χ1v) is 15.3. The lowest BCUT2D eigenvalue weighted by atomic mass is 10.1. The van der Waals surface area contributed by atoms with E-state index in [1.807, 2.05) is 47.4 Å². The van der Waals surface area contributed by atoms with Gasteiger partial charge >= 0.3 is 0 Å². The van der Waals surface area contributed by atoms with Crippen LogP contribution in [0.5, 0.6) is 0 Å². The third kappa shape index (κ3) is 10.4. The summed E-state index contributed by atoms with van der Waals surface area (Å²) in [6.45, 7) is 12.5. The summed E-state index contributed by atoms with van der Waals surface area (Å²) in [6.07, 6.45) is 10.8. The fourth-order valence-electron chi connectivity index (χ4n) is 4.95. The Labute approximate surface area is 241 Å². The van der Waals surface area contributed by atoms with E-state index in [-0.39, 0.29) is 11.7 Å². The molecular formula is C33H49N5O2. The molecule has 2 N–H and O–H groups in total. The number of unbranched alkanes of at least 4 members (excludes halogenated alkanes) is 3. The third-order valence-electron chi connectivity index (χ3n) is 7.48. The second-order valence-corrected chi connectivity index (χ2v) is 10.8. The van der Waals surface area contributed by atoms with Crippen LogP contribution in [-0.4, -0.2) is 67.1 Å². The fourth-order valence-corrected chi connectivity index (χ4v) is 4.95. The van der Waals surface area contributed by atoms with E-state index in [2.05, 4.69) is 34.4 Å². The molecule has 7 heteroatoms. The van der Waals surface area contributed by atoms with Gasteiger partial charge in [-0.3, -0.25) is 14.6 Å². The minimum Gasteiger partial charge on any atom is -0.383 e. The van der Waals surface area contributed by atoms with Crippen molar-refractivity contribution in [3.63, 3.8) is 0 Å². The van der Waals surface area contributed by atoms with Crippen LogP contribution in [-0.2, 0) is 6.54 Å². The number of hydrogen-bond donors (Lipinski definition) is 2. The molecule has 1 saturated heterocycles. The fraction of sp³-hybridized carbons (Fsp3) is 0.545. The smallest absolute Gasteiger partial charge is 0.253 e. The van der Waals surface area contributed by atoms with Gasteiger partial charge in [0.2, 0.25) is 0 Å². The van der Waals surface area contributed by atoms with Gasteiger partial charge in [0, 0.05) is 30.8 Å². The predicted octanol–water partition coefficient (Wildman–Crippen LogP) is 6.86. The maximum absolute atomic E-state index is 13.5. The van der Waals surface area contributed by atoms with Gasteiger partial charge in [0.15, 0.2) is 5.78 Å². The first-order chi connectivity index (χ1) is 19.5. The molecule has 7 nitrogen and oxygen atoms in total. The molecule has 0 bridgehead atoms. The molecule has 218 valence electrons. The van der Waals surface area contributed by atoms with Gasteiger partial charge in [-0.1, -0.05) is 51.0 Å². The lowest BCUT2D eigenvalue weighted by Gasteiger charge is -2.23. The molecule has 0 atom stereocenters. The molecule has 1 fully saturated rings. The number of rotatable bonds is 18. The Hall–Kier alpha value is -3.19. The zero-order valence-corrected chi connectivity index (χ0v) is 24.9. The normalized spacial score (nSPS) is 13.6. The third-order valence-corrected chi connectivity index (χ3v) is 7.48.